The Kier molecular flexibility index (Phi) is 13.9. The zero-order chi connectivity index (χ0) is 45.2. The number of amides is 2. The van der Waals surface area contributed by atoms with Gasteiger partial charge in [0.2, 0.25) is 11.8 Å². The van der Waals surface area contributed by atoms with Crippen molar-refractivity contribution in [3.63, 3.8) is 0 Å². The van der Waals surface area contributed by atoms with E-state index < -0.39 is 82.6 Å². The van der Waals surface area contributed by atoms with Gasteiger partial charge >= 0.3 is 6.80 Å². The lowest BCUT2D eigenvalue weighted by Gasteiger charge is -2.30. The highest BCUT2D eigenvalue weighted by Crippen LogP contribution is 2.65. The largest absolute Gasteiger partial charge is 0.389 e. The van der Waals surface area contributed by atoms with Crippen molar-refractivity contribution >= 4 is 84.7 Å². The Balaban J connectivity index is 1.02. The van der Waals surface area contributed by atoms with Gasteiger partial charge in [-0.1, -0.05) is 18.6 Å². The van der Waals surface area contributed by atoms with Crippen LogP contribution in [0, 0.1) is 0 Å². The molecular formula is C35H44BF2N13O10P2S. The summed E-state index contributed by atoms with van der Waals surface area (Å²) in [6.45, 7) is -5.49. The Morgan fingerprint density at radius 2 is 1.38 bits per heavy atom. The molecule has 29 heteroatoms. The van der Waals surface area contributed by atoms with Crippen LogP contribution in [0.1, 0.15) is 43.7 Å². The van der Waals surface area contributed by atoms with Crippen molar-refractivity contribution in [1.82, 2.24) is 44.4 Å². The van der Waals surface area contributed by atoms with E-state index in [4.69, 9.17) is 44.8 Å². The Hall–Kier alpha value is -4.69. The first-order chi connectivity index (χ1) is 30.7. The van der Waals surface area contributed by atoms with Gasteiger partial charge in [0.05, 0.1) is 32.4 Å². The highest BCUT2D eigenvalue weighted by Gasteiger charge is 2.54. The number of anilines is 3. The van der Waals surface area contributed by atoms with Gasteiger partial charge < -0.3 is 46.4 Å². The van der Waals surface area contributed by atoms with Gasteiger partial charge in [0.15, 0.2) is 47.7 Å². The van der Waals surface area contributed by atoms with Crippen LogP contribution in [0.25, 0.3) is 22.3 Å². The van der Waals surface area contributed by atoms with E-state index in [-0.39, 0.29) is 58.6 Å². The van der Waals surface area contributed by atoms with Crippen molar-refractivity contribution in [2.75, 3.05) is 43.1 Å². The van der Waals surface area contributed by atoms with Crippen LogP contribution in [0.15, 0.2) is 49.6 Å². The minimum Gasteiger partial charge on any atom is -0.382 e. The zero-order valence-corrected chi connectivity index (χ0v) is 36.7. The molecule has 2 unspecified atom stereocenters. The van der Waals surface area contributed by atoms with Gasteiger partial charge in [-0.3, -0.25) is 32.3 Å². The molecule has 0 spiro atoms. The van der Waals surface area contributed by atoms with Crippen LogP contribution in [0.2, 0.25) is 0 Å². The molecule has 2 amide bonds. The maximum atomic E-state index is 16.8. The van der Waals surface area contributed by atoms with Gasteiger partial charge in [-0.2, -0.15) is 0 Å². The molecule has 8 rings (SSSR count). The summed E-state index contributed by atoms with van der Waals surface area (Å²) in [5.74, 6) is -0.654. The number of ether oxygens (including phenoxy) is 2. The van der Waals surface area contributed by atoms with E-state index in [1.807, 2.05) is 0 Å². The maximum Gasteiger partial charge on any atom is 0.389 e. The number of halogens is 2. The molecule has 10 atom stereocenters. The Bertz CT molecular complexity index is 2590. The third-order valence-corrected chi connectivity index (χ3v) is 15.4. The van der Waals surface area contributed by atoms with Crippen molar-refractivity contribution in [3.05, 3.63) is 55.1 Å². The third-order valence-electron chi connectivity index (χ3n) is 10.5. The molecule has 5 aromatic rings. The summed E-state index contributed by atoms with van der Waals surface area (Å²) in [5.41, 5.74) is 19.0. The predicted molar refractivity (Wildman–Crippen MR) is 229 cm³/mol. The molecule has 64 heavy (non-hydrogen) atoms. The molecule has 4 aromatic heterocycles. The van der Waals surface area contributed by atoms with Crippen LogP contribution in [0.3, 0.4) is 0 Å². The summed E-state index contributed by atoms with van der Waals surface area (Å²) < 4.78 is 101. The van der Waals surface area contributed by atoms with Crippen molar-refractivity contribution in [2.45, 2.75) is 80.7 Å². The summed E-state index contributed by atoms with van der Waals surface area (Å²) in [4.78, 5) is 49.2. The monoisotopic (exact) mass is 949 g/mol. The van der Waals surface area contributed by atoms with Crippen LogP contribution < -0.4 is 27.8 Å². The molecule has 3 aliphatic rings. The lowest BCUT2D eigenvalue weighted by molar-refractivity contribution is -0.124. The average molecular weight is 950 g/mol. The number of carbonyl (C=O) groups excluding carboxylic acids is 2. The number of rotatable bonds is 13. The van der Waals surface area contributed by atoms with E-state index in [0.717, 1.165) is 20.4 Å². The molecule has 0 bridgehead atoms. The summed E-state index contributed by atoms with van der Waals surface area (Å²) in [5, 5.41) is 5.29. The standard InChI is InChI=1S/C35H44BF2N13O10P2S/c36-62(54)56-11-20-29(25(38)35(58-20)51-17-48-27-31(41)44-15-46-33(27)51)61-63(55,64-13-18-5-7-19(8-6-18)49-23(53)10-42-22(52)4-2-1-3-9-39)57-12-21-28(60-62)24(37)34(59-21)50-16-47-26-30(40)43-14-45-32(26)50/h5-8,14-17,20-21,24-25,28-29,34-35H,1-4,9-13,36,39H2,(H,42,52)(H,49,53)(H2,40,43,45)(H2,41,44,46)/t20-,21-,24-,25-,28-,29-,34-,35-,62?,63?/m1/s1. The molecule has 3 aliphatic heterocycles. The lowest BCUT2D eigenvalue weighted by atomic mass is 10.1. The second kappa shape index (κ2) is 19.4. The van der Waals surface area contributed by atoms with E-state index in [2.05, 4.69) is 40.5 Å². The number of nitrogens with zero attached hydrogens (tertiary/aromatic N) is 8. The van der Waals surface area contributed by atoms with Gasteiger partial charge in [0.1, 0.15) is 48.1 Å². The highest BCUT2D eigenvalue weighted by molar-refractivity contribution is 8.54. The van der Waals surface area contributed by atoms with E-state index in [0.29, 0.717) is 35.6 Å². The molecule has 3 saturated heterocycles. The number of alkyl halides is 2. The van der Waals surface area contributed by atoms with Crippen LogP contribution in [-0.2, 0) is 52.0 Å². The maximum absolute atomic E-state index is 16.8. The SMILES string of the molecule is BP1(=O)OC[C@H]2O[C@@H](n3cnc4c(N)ncnc43)[C@H](F)[C@@H]2OP(=O)(SCc2ccc(NC(=O)CNC(=O)CCCCCN)cc2)OC[C@H]2O[C@@H](n3cnc4c(N)ncnc43)[C@H](F)[C@@H]2O1. The van der Waals surface area contributed by atoms with Crippen molar-refractivity contribution in [2.24, 2.45) is 5.73 Å². The number of nitrogen functional groups attached to an aromatic ring is 2. The molecule has 23 nitrogen and oxygen atoms in total. The van der Waals surface area contributed by atoms with Gasteiger partial charge in [-0.15, -0.1) is 0 Å². The van der Waals surface area contributed by atoms with Crippen LogP contribution >= 0.6 is 25.7 Å². The summed E-state index contributed by atoms with van der Waals surface area (Å²) in [6, 6.07) is 6.50. The predicted octanol–water partition coefficient (Wildman–Crippen LogP) is 2.48. The number of hydrogen-bond donors (Lipinski definition) is 5. The molecule has 1 aromatic carbocycles. The van der Waals surface area contributed by atoms with E-state index in [9.17, 15) is 18.7 Å². The molecule has 3 fully saturated rings. The van der Waals surface area contributed by atoms with E-state index >= 15 is 8.78 Å². The van der Waals surface area contributed by atoms with E-state index in [1.54, 1.807) is 24.3 Å². The van der Waals surface area contributed by atoms with Crippen LogP contribution in [0.5, 0.6) is 0 Å². The Morgan fingerprint density at radius 3 is 1.97 bits per heavy atom. The normalized spacial score (nSPS) is 29.7. The first kappa shape index (κ1) is 45.9. The number of nitrogens with one attached hydrogen (secondary N) is 2. The minimum absolute atomic E-state index is 0.0324. The quantitative estimate of drug-likeness (QED) is 0.0643. The summed E-state index contributed by atoms with van der Waals surface area (Å²) in [7, 11) is -3.09. The number of nitrogens with two attached hydrogens (primary N) is 3. The molecular weight excluding hydrogens is 905 g/mol. The second-order valence-corrected chi connectivity index (χ2v) is 21.1. The van der Waals surface area contributed by atoms with Crippen LogP contribution in [-0.4, -0.2) is 121 Å². The first-order valence-corrected chi connectivity index (χ1v) is 25.1. The number of fused-ring (bicyclic) bond motifs is 4. The number of unbranched alkanes of at least 4 members (excludes halogenated alkanes) is 2. The number of benzene rings is 1. The summed E-state index contributed by atoms with van der Waals surface area (Å²) in [6.07, 6.45) is -5.76. The molecule has 0 aliphatic carbocycles. The highest BCUT2D eigenvalue weighted by atomic mass is 32.7. The molecule has 7 heterocycles. The molecule has 0 saturated carbocycles. The average Bonchev–Trinajstić information content (AvgIpc) is 4.04. The fourth-order valence-corrected chi connectivity index (χ4v) is 11.8. The number of carbonyl (C=O) groups is 2. The minimum atomic E-state index is -4.52. The topological polar surface area (TPSA) is 313 Å². The summed E-state index contributed by atoms with van der Waals surface area (Å²) >= 11 is 0.694. The fourth-order valence-electron chi connectivity index (χ4n) is 7.26. The Labute approximate surface area is 367 Å². The number of hydrogen-bond acceptors (Lipinski definition) is 20. The van der Waals surface area contributed by atoms with Crippen molar-refractivity contribution in [1.29, 1.82) is 0 Å². The van der Waals surface area contributed by atoms with Crippen LogP contribution in [0.4, 0.5) is 26.1 Å². The van der Waals surface area contributed by atoms with Crippen molar-refractivity contribution in [3.8, 4) is 0 Å². The van der Waals surface area contributed by atoms with E-state index in [1.165, 1.54) is 34.4 Å². The number of imidazole rings is 2. The van der Waals surface area contributed by atoms with Crippen molar-refractivity contribution < 1.29 is 55.1 Å². The lowest BCUT2D eigenvalue weighted by Crippen LogP contribution is -2.37. The number of aromatic nitrogens is 8. The van der Waals surface area contributed by atoms with Gasteiger partial charge in [-0.05, 0) is 48.5 Å². The van der Waals surface area contributed by atoms with Gasteiger partial charge in [0.25, 0.3) is 15.0 Å². The second-order valence-electron chi connectivity index (χ2n) is 15.0. The smallest absolute Gasteiger partial charge is 0.382 e. The third kappa shape index (κ3) is 10.1. The first-order valence-electron chi connectivity index (χ1n) is 20.0. The zero-order valence-electron chi connectivity index (χ0n) is 34.1. The van der Waals surface area contributed by atoms with Gasteiger partial charge in [0, 0.05) is 17.9 Å². The molecule has 8 N–H and O–H groups in total. The molecule has 342 valence electrons. The Morgan fingerprint density at radius 1 is 0.797 bits per heavy atom. The molecule has 0 radical (unpaired) electrons. The van der Waals surface area contributed by atoms with Gasteiger partial charge in [-0.25, -0.2) is 43.2 Å². The fraction of sp³-hybridized carbons (Fsp3) is 0.486.